The molecule has 2 aromatic carbocycles. The number of rotatable bonds is 6. The third-order valence-electron chi connectivity index (χ3n) is 4.82. The van der Waals surface area contributed by atoms with Crippen LogP contribution in [0.1, 0.15) is 19.3 Å². The SMILES string of the molecule is C[SiH](C)N(N=C1CCC(=O)CC1=NN(c1ccccc1)[SiH](C)C)c1ccccc1. The second kappa shape index (κ2) is 9.80. The van der Waals surface area contributed by atoms with Gasteiger partial charge in [-0.3, -0.25) is 14.1 Å². The fraction of sp³-hybridized carbons (Fsp3) is 0.318. The first-order valence-corrected chi connectivity index (χ1v) is 16.0. The number of hydrogen-bond acceptors (Lipinski definition) is 5. The largest absolute Gasteiger partial charge is 0.299 e. The van der Waals surface area contributed by atoms with Gasteiger partial charge >= 0.3 is 0 Å². The van der Waals surface area contributed by atoms with Crippen molar-refractivity contribution in [3.63, 3.8) is 0 Å². The van der Waals surface area contributed by atoms with Crippen molar-refractivity contribution >= 4 is 46.5 Å². The highest BCUT2D eigenvalue weighted by Gasteiger charge is 2.25. The first-order chi connectivity index (χ1) is 14.0. The number of carbonyl (C=O) groups excluding carboxylic acids is 1. The molecule has 0 aromatic heterocycles. The number of Topliss-reactive ketones (excluding diaryl/α,β-unsaturated/α-hetero) is 1. The summed E-state index contributed by atoms with van der Waals surface area (Å²) >= 11 is 0. The van der Waals surface area contributed by atoms with E-state index in [0.29, 0.717) is 19.3 Å². The molecule has 0 radical (unpaired) electrons. The molecule has 5 nitrogen and oxygen atoms in total. The lowest BCUT2D eigenvalue weighted by atomic mass is 9.95. The average molecular weight is 423 g/mol. The van der Waals surface area contributed by atoms with Crippen molar-refractivity contribution in [1.82, 2.24) is 0 Å². The number of hydrogen-bond donors (Lipinski definition) is 0. The Labute approximate surface area is 177 Å². The van der Waals surface area contributed by atoms with Crippen LogP contribution in [0.4, 0.5) is 11.4 Å². The van der Waals surface area contributed by atoms with E-state index in [1.165, 1.54) is 0 Å². The van der Waals surface area contributed by atoms with Crippen LogP contribution in [0.2, 0.25) is 26.2 Å². The number of para-hydroxylation sites is 2. The van der Waals surface area contributed by atoms with Crippen LogP contribution in [0.3, 0.4) is 0 Å². The minimum absolute atomic E-state index is 0.245. The van der Waals surface area contributed by atoms with Gasteiger partial charge in [-0.05, 0) is 24.3 Å². The summed E-state index contributed by atoms with van der Waals surface area (Å²) in [4.78, 5) is 12.2. The van der Waals surface area contributed by atoms with Crippen LogP contribution in [0.15, 0.2) is 70.9 Å². The highest BCUT2D eigenvalue weighted by atomic mass is 28.3. The molecule has 0 bridgehead atoms. The van der Waals surface area contributed by atoms with Crippen LogP contribution in [-0.2, 0) is 4.79 Å². The fourth-order valence-corrected chi connectivity index (χ4v) is 5.62. The molecule has 3 rings (SSSR count). The summed E-state index contributed by atoms with van der Waals surface area (Å²) in [6.07, 6.45) is 1.57. The van der Waals surface area contributed by atoms with E-state index in [1.54, 1.807) is 0 Å². The topological polar surface area (TPSA) is 48.3 Å². The summed E-state index contributed by atoms with van der Waals surface area (Å²) in [5.41, 5.74) is 3.96. The molecule has 29 heavy (non-hydrogen) atoms. The maximum atomic E-state index is 12.2. The Balaban J connectivity index is 2.00. The van der Waals surface area contributed by atoms with Gasteiger partial charge in [0.15, 0.2) is 17.9 Å². The van der Waals surface area contributed by atoms with Gasteiger partial charge in [-0.15, -0.1) is 0 Å². The summed E-state index contributed by atoms with van der Waals surface area (Å²) in [6.45, 7) is 9.02. The Hall–Kier alpha value is -2.52. The third-order valence-corrected chi connectivity index (χ3v) is 7.60. The van der Waals surface area contributed by atoms with Crippen LogP contribution in [0.25, 0.3) is 0 Å². The van der Waals surface area contributed by atoms with Crippen LogP contribution in [0, 0.1) is 0 Å². The van der Waals surface area contributed by atoms with Crippen molar-refractivity contribution in [2.75, 3.05) is 9.35 Å². The second-order valence-electron chi connectivity index (χ2n) is 7.86. The lowest BCUT2D eigenvalue weighted by Gasteiger charge is -2.28. The Morgan fingerprint density at radius 2 is 1.14 bits per heavy atom. The molecule has 0 saturated heterocycles. The van der Waals surface area contributed by atoms with Gasteiger partial charge in [0.2, 0.25) is 0 Å². The number of hydrazone groups is 2. The molecule has 1 aliphatic rings. The predicted molar refractivity (Wildman–Crippen MR) is 129 cm³/mol. The smallest absolute Gasteiger partial charge is 0.164 e. The van der Waals surface area contributed by atoms with Crippen molar-refractivity contribution < 1.29 is 4.79 Å². The van der Waals surface area contributed by atoms with E-state index in [0.717, 1.165) is 22.8 Å². The van der Waals surface area contributed by atoms with Gasteiger partial charge in [-0.2, -0.15) is 10.2 Å². The van der Waals surface area contributed by atoms with E-state index in [9.17, 15) is 4.79 Å². The Bertz CT molecular complexity index is 882. The quantitative estimate of drug-likeness (QED) is 0.511. The second-order valence-corrected chi connectivity index (χ2v) is 13.2. The van der Waals surface area contributed by atoms with E-state index in [-0.39, 0.29) is 5.78 Å². The third kappa shape index (κ3) is 5.51. The fourth-order valence-electron chi connectivity index (χ4n) is 3.34. The zero-order valence-corrected chi connectivity index (χ0v) is 20.1. The lowest BCUT2D eigenvalue weighted by Crippen LogP contribution is -2.37. The molecule has 2 aromatic rings. The molecule has 1 saturated carbocycles. The molecule has 0 aliphatic heterocycles. The van der Waals surface area contributed by atoms with Gasteiger partial charge in [-0.1, -0.05) is 62.6 Å². The zero-order valence-electron chi connectivity index (χ0n) is 17.7. The monoisotopic (exact) mass is 422 g/mol. The van der Waals surface area contributed by atoms with Crippen molar-refractivity contribution in [2.45, 2.75) is 45.5 Å². The van der Waals surface area contributed by atoms with Crippen molar-refractivity contribution in [3.8, 4) is 0 Å². The summed E-state index contributed by atoms with van der Waals surface area (Å²) in [5, 5.41) is 10.0. The molecule has 0 heterocycles. The number of benzene rings is 2. The molecule has 0 amide bonds. The molecular weight excluding hydrogens is 392 g/mol. The molecule has 1 aliphatic carbocycles. The first-order valence-electron chi connectivity index (χ1n) is 10.3. The predicted octanol–water partition coefficient (Wildman–Crippen LogP) is 4.43. The molecule has 7 heteroatoms. The van der Waals surface area contributed by atoms with Gasteiger partial charge in [0, 0.05) is 24.2 Å². The summed E-state index contributed by atoms with van der Waals surface area (Å²) < 4.78 is 4.30. The minimum Gasteiger partial charge on any atom is -0.299 e. The van der Waals surface area contributed by atoms with Crippen LogP contribution in [0.5, 0.6) is 0 Å². The van der Waals surface area contributed by atoms with E-state index in [4.69, 9.17) is 10.2 Å². The lowest BCUT2D eigenvalue weighted by molar-refractivity contribution is -0.117. The molecule has 152 valence electrons. The molecule has 0 spiro atoms. The van der Waals surface area contributed by atoms with E-state index >= 15 is 0 Å². The highest BCUT2D eigenvalue weighted by Crippen LogP contribution is 2.21. The first kappa shape index (κ1) is 21.2. The number of nitrogens with zero attached hydrogens (tertiary/aromatic N) is 4. The average Bonchev–Trinajstić information content (AvgIpc) is 2.72. The van der Waals surface area contributed by atoms with Gasteiger partial charge in [0.25, 0.3) is 0 Å². The number of anilines is 2. The Kier molecular flexibility index (Phi) is 7.16. The molecular formula is C22H30N4OSi2. The van der Waals surface area contributed by atoms with Crippen LogP contribution >= 0.6 is 0 Å². The zero-order chi connectivity index (χ0) is 20.8. The van der Waals surface area contributed by atoms with Gasteiger partial charge in [-0.25, -0.2) is 0 Å². The van der Waals surface area contributed by atoms with Crippen LogP contribution in [-0.4, -0.2) is 35.1 Å². The molecule has 0 unspecified atom stereocenters. The maximum Gasteiger partial charge on any atom is 0.164 e. The summed E-state index contributed by atoms with van der Waals surface area (Å²) in [7, 11) is -2.51. The van der Waals surface area contributed by atoms with Crippen molar-refractivity contribution in [2.24, 2.45) is 10.2 Å². The van der Waals surface area contributed by atoms with Crippen molar-refractivity contribution in [3.05, 3.63) is 60.7 Å². The standard InChI is InChI=1S/C22H30N4OSi2/c1-28(2)25(18-11-7-5-8-12-18)23-21-16-15-20(27)17-22(21)24-26(29(3)4)19-13-9-6-10-14-19/h5-14,28-29H,15-17H2,1-4H3. The molecule has 1 fully saturated rings. The summed E-state index contributed by atoms with van der Waals surface area (Å²) in [6, 6.07) is 20.5. The molecule has 0 atom stereocenters. The van der Waals surface area contributed by atoms with Gasteiger partial charge in [0.05, 0.1) is 17.8 Å². The Morgan fingerprint density at radius 3 is 1.59 bits per heavy atom. The van der Waals surface area contributed by atoms with Crippen molar-refractivity contribution in [1.29, 1.82) is 0 Å². The van der Waals surface area contributed by atoms with Gasteiger partial charge < -0.3 is 0 Å². The summed E-state index contributed by atoms with van der Waals surface area (Å²) in [5.74, 6) is 0.245. The Morgan fingerprint density at radius 1 is 0.690 bits per heavy atom. The number of carbonyl (C=O) groups is 1. The van der Waals surface area contributed by atoms with E-state index in [2.05, 4.69) is 59.8 Å². The van der Waals surface area contributed by atoms with Crippen LogP contribution < -0.4 is 9.35 Å². The minimum atomic E-state index is -1.27. The highest BCUT2D eigenvalue weighted by molar-refractivity contribution is 6.62. The van der Waals surface area contributed by atoms with E-state index < -0.39 is 17.9 Å². The normalized spacial score (nSPS) is 17.4. The number of ketones is 1. The maximum absolute atomic E-state index is 12.2. The van der Waals surface area contributed by atoms with E-state index in [1.807, 2.05) is 36.4 Å². The molecule has 0 N–H and O–H groups in total. The van der Waals surface area contributed by atoms with Gasteiger partial charge in [0.1, 0.15) is 5.78 Å².